The summed E-state index contributed by atoms with van der Waals surface area (Å²) in [6.45, 7) is 6.72. The van der Waals surface area contributed by atoms with Crippen LogP contribution >= 0.6 is 0 Å². The number of likely N-dealkylation sites (N-methyl/N-ethyl adjacent to an activating group) is 1. The first-order valence-electron chi connectivity index (χ1n) is 10.3. The number of fused-ring (bicyclic) bond motifs is 2. The SMILES string of the molecule is CCN(CC)CCN1C(=O)c2oc3ccccc3c(=O)c2C1c1cccc([N+](=O)[O-])c1. The fraction of sp³-hybridized carbons (Fsp3) is 0.304. The highest BCUT2D eigenvalue weighted by molar-refractivity contribution is 5.99. The highest BCUT2D eigenvalue weighted by Gasteiger charge is 2.42. The van der Waals surface area contributed by atoms with E-state index in [0.29, 0.717) is 29.6 Å². The summed E-state index contributed by atoms with van der Waals surface area (Å²) < 4.78 is 5.88. The van der Waals surface area contributed by atoms with Crippen LogP contribution in [0.2, 0.25) is 0 Å². The minimum atomic E-state index is -0.737. The molecule has 1 aliphatic rings. The van der Waals surface area contributed by atoms with Gasteiger partial charge in [0, 0.05) is 25.2 Å². The van der Waals surface area contributed by atoms with Gasteiger partial charge in [0.15, 0.2) is 5.43 Å². The van der Waals surface area contributed by atoms with Gasteiger partial charge in [-0.3, -0.25) is 19.7 Å². The standard InChI is InChI=1S/C23H23N3O5/c1-3-24(4-2)12-13-25-20(15-8-7-9-16(14-15)26(29)30)19-21(27)17-10-5-6-11-18(17)31-22(19)23(25)28/h5-11,14,20H,3-4,12-13H2,1-2H3. The third-order valence-electron chi connectivity index (χ3n) is 5.82. The second-order valence-electron chi connectivity index (χ2n) is 7.45. The largest absolute Gasteiger partial charge is 0.450 e. The third-order valence-corrected chi connectivity index (χ3v) is 5.82. The maximum absolute atomic E-state index is 13.4. The Balaban J connectivity index is 1.88. The van der Waals surface area contributed by atoms with Crippen LogP contribution in [0.25, 0.3) is 11.0 Å². The monoisotopic (exact) mass is 421 g/mol. The van der Waals surface area contributed by atoms with Gasteiger partial charge in [-0.25, -0.2) is 0 Å². The molecule has 0 saturated carbocycles. The van der Waals surface area contributed by atoms with Crippen molar-refractivity contribution in [1.29, 1.82) is 0 Å². The van der Waals surface area contributed by atoms with E-state index < -0.39 is 11.0 Å². The lowest BCUT2D eigenvalue weighted by Gasteiger charge is -2.28. The van der Waals surface area contributed by atoms with Crippen molar-refractivity contribution in [2.45, 2.75) is 19.9 Å². The molecular formula is C23H23N3O5. The molecule has 0 aliphatic carbocycles. The number of non-ortho nitro benzene ring substituents is 1. The summed E-state index contributed by atoms with van der Waals surface area (Å²) >= 11 is 0. The molecule has 1 unspecified atom stereocenters. The van der Waals surface area contributed by atoms with E-state index in [0.717, 1.165) is 13.1 Å². The molecule has 8 heteroatoms. The zero-order valence-electron chi connectivity index (χ0n) is 17.4. The maximum atomic E-state index is 13.4. The summed E-state index contributed by atoms with van der Waals surface area (Å²) in [5.41, 5.74) is 0.731. The number of benzene rings is 2. The van der Waals surface area contributed by atoms with Gasteiger partial charge in [0.25, 0.3) is 11.6 Å². The molecule has 0 radical (unpaired) electrons. The molecule has 4 rings (SSSR count). The number of rotatable bonds is 7. The Morgan fingerprint density at radius 2 is 1.84 bits per heavy atom. The first kappa shape index (κ1) is 20.7. The number of carbonyl (C=O) groups excluding carboxylic acids is 1. The van der Waals surface area contributed by atoms with E-state index in [9.17, 15) is 19.7 Å². The van der Waals surface area contributed by atoms with Crippen LogP contribution in [0.4, 0.5) is 5.69 Å². The van der Waals surface area contributed by atoms with Crippen LogP contribution in [-0.2, 0) is 0 Å². The van der Waals surface area contributed by atoms with Gasteiger partial charge >= 0.3 is 0 Å². The summed E-state index contributed by atoms with van der Waals surface area (Å²) in [6.07, 6.45) is 0. The third kappa shape index (κ3) is 3.59. The van der Waals surface area contributed by atoms with Crippen molar-refractivity contribution in [3.63, 3.8) is 0 Å². The number of hydrogen-bond donors (Lipinski definition) is 0. The lowest BCUT2D eigenvalue weighted by atomic mass is 9.98. The Labute approximate surface area is 178 Å². The molecule has 160 valence electrons. The number of para-hydroxylation sites is 1. The summed E-state index contributed by atoms with van der Waals surface area (Å²) in [5, 5.41) is 11.7. The van der Waals surface area contributed by atoms with Crippen LogP contribution in [-0.4, -0.2) is 46.8 Å². The number of nitro benzene ring substituents is 1. The minimum absolute atomic E-state index is 0.0137. The van der Waals surface area contributed by atoms with E-state index >= 15 is 0 Å². The molecule has 1 aromatic heterocycles. The number of amides is 1. The Kier molecular flexibility index (Phi) is 5.56. The van der Waals surface area contributed by atoms with Crippen molar-refractivity contribution in [2.75, 3.05) is 26.2 Å². The van der Waals surface area contributed by atoms with Gasteiger partial charge in [-0.2, -0.15) is 0 Å². The lowest BCUT2D eigenvalue weighted by Crippen LogP contribution is -2.37. The minimum Gasteiger partial charge on any atom is -0.450 e. The maximum Gasteiger partial charge on any atom is 0.290 e. The van der Waals surface area contributed by atoms with Crippen molar-refractivity contribution in [1.82, 2.24) is 9.80 Å². The zero-order chi connectivity index (χ0) is 22.1. The van der Waals surface area contributed by atoms with Crippen molar-refractivity contribution in [2.24, 2.45) is 0 Å². The molecule has 2 aromatic carbocycles. The molecule has 0 bridgehead atoms. The van der Waals surface area contributed by atoms with Gasteiger partial charge in [0.05, 0.1) is 21.9 Å². The molecule has 2 heterocycles. The molecule has 1 atom stereocenters. The highest BCUT2D eigenvalue weighted by Crippen LogP contribution is 2.38. The first-order valence-corrected chi connectivity index (χ1v) is 10.3. The van der Waals surface area contributed by atoms with Crippen molar-refractivity contribution in [3.8, 4) is 0 Å². The second kappa shape index (κ2) is 8.31. The number of nitro groups is 1. The Morgan fingerprint density at radius 1 is 1.10 bits per heavy atom. The average Bonchev–Trinajstić information content (AvgIpc) is 3.07. The fourth-order valence-corrected chi connectivity index (χ4v) is 4.14. The van der Waals surface area contributed by atoms with E-state index in [1.807, 2.05) is 13.8 Å². The van der Waals surface area contributed by atoms with E-state index in [4.69, 9.17) is 4.42 Å². The highest BCUT2D eigenvalue weighted by atomic mass is 16.6. The van der Waals surface area contributed by atoms with Gasteiger partial charge in [-0.15, -0.1) is 0 Å². The lowest BCUT2D eigenvalue weighted by molar-refractivity contribution is -0.384. The van der Waals surface area contributed by atoms with Crippen LogP contribution in [0.3, 0.4) is 0 Å². The summed E-state index contributed by atoms with van der Waals surface area (Å²) in [6, 6.07) is 12.2. The molecule has 0 spiro atoms. The van der Waals surface area contributed by atoms with Crippen molar-refractivity contribution >= 4 is 22.6 Å². The van der Waals surface area contributed by atoms with Crippen molar-refractivity contribution in [3.05, 3.63) is 85.8 Å². The first-order chi connectivity index (χ1) is 15.0. The number of nitrogens with zero attached hydrogens (tertiary/aromatic N) is 3. The predicted octanol–water partition coefficient (Wildman–Crippen LogP) is 3.59. The number of carbonyl (C=O) groups is 1. The van der Waals surface area contributed by atoms with Gasteiger partial charge in [-0.1, -0.05) is 38.1 Å². The molecule has 0 saturated heterocycles. The van der Waals surface area contributed by atoms with E-state index in [2.05, 4.69) is 4.90 Å². The molecular weight excluding hydrogens is 398 g/mol. The van der Waals surface area contributed by atoms with Gasteiger partial charge in [0.2, 0.25) is 5.76 Å². The van der Waals surface area contributed by atoms with Crippen LogP contribution in [0.1, 0.15) is 41.6 Å². The summed E-state index contributed by atoms with van der Waals surface area (Å²) in [7, 11) is 0. The smallest absolute Gasteiger partial charge is 0.290 e. The molecule has 0 N–H and O–H groups in total. The van der Waals surface area contributed by atoms with Gasteiger partial charge < -0.3 is 14.2 Å². The van der Waals surface area contributed by atoms with Gasteiger partial charge in [0.1, 0.15) is 5.58 Å². The Morgan fingerprint density at radius 3 is 2.55 bits per heavy atom. The second-order valence-corrected chi connectivity index (χ2v) is 7.45. The van der Waals surface area contributed by atoms with E-state index in [1.165, 1.54) is 12.1 Å². The quantitative estimate of drug-likeness (QED) is 0.427. The summed E-state index contributed by atoms with van der Waals surface area (Å²) in [4.78, 5) is 41.3. The van der Waals surface area contributed by atoms with Crippen LogP contribution < -0.4 is 5.43 Å². The predicted molar refractivity (Wildman–Crippen MR) is 116 cm³/mol. The molecule has 8 nitrogen and oxygen atoms in total. The van der Waals surface area contributed by atoms with Crippen LogP contribution in [0.5, 0.6) is 0 Å². The Hall–Kier alpha value is -3.52. The van der Waals surface area contributed by atoms with E-state index in [1.54, 1.807) is 41.3 Å². The summed E-state index contributed by atoms with van der Waals surface area (Å²) in [5.74, 6) is -0.360. The Bertz CT molecular complexity index is 1220. The molecule has 31 heavy (non-hydrogen) atoms. The molecule has 0 fully saturated rings. The molecule has 3 aromatic rings. The topological polar surface area (TPSA) is 96.9 Å². The van der Waals surface area contributed by atoms with Crippen LogP contribution in [0, 0.1) is 10.1 Å². The van der Waals surface area contributed by atoms with Crippen molar-refractivity contribution < 1.29 is 14.1 Å². The normalized spacial score (nSPS) is 15.6. The molecule has 1 amide bonds. The fourth-order valence-electron chi connectivity index (χ4n) is 4.14. The average molecular weight is 421 g/mol. The molecule has 1 aliphatic heterocycles. The number of hydrogen-bond acceptors (Lipinski definition) is 6. The van der Waals surface area contributed by atoms with Gasteiger partial charge in [-0.05, 0) is 30.8 Å². The van der Waals surface area contributed by atoms with Crippen LogP contribution in [0.15, 0.2) is 57.7 Å². The van der Waals surface area contributed by atoms with E-state index in [-0.39, 0.29) is 28.3 Å². The zero-order valence-corrected chi connectivity index (χ0v) is 17.4.